The van der Waals surface area contributed by atoms with Crippen LogP contribution in [0, 0.1) is 11.7 Å². The zero-order chi connectivity index (χ0) is 11.7. The van der Waals surface area contributed by atoms with Crippen LogP contribution < -0.4 is 4.90 Å². The number of aliphatic hydroxyl groups is 1. The molecule has 0 spiro atoms. The highest BCUT2D eigenvalue weighted by Crippen LogP contribution is 2.32. The minimum atomic E-state index is -0.614. The number of aliphatic hydroxyl groups excluding tert-OH is 1. The van der Waals surface area contributed by atoms with Crippen LogP contribution in [0.2, 0.25) is 0 Å². The molecule has 0 aliphatic heterocycles. The molecule has 0 amide bonds. The molecule has 1 aliphatic carbocycles. The fourth-order valence-corrected chi connectivity index (χ4v) is 1.88. The molecule has 16 heavy (non-hydrogen) atoms. The SMILES string of the molecule is C[C@@H](O)c1ccc(N(C)CC2CC2)c(F)c1. The zero-order valence-electron chi connectivity index (χ0n) is 9.78. The van der Waals surface area contributed by atoms with Crippen molar-refractivity contribution in [2.75, 3.05) is 18.5 Å². The van der Waals surface area contributed by atoms with Gasteiger partial charge in [0.1, 0.15) is 5.82 Å². The Morgan fingerprint density at radius 3 is 2.69 bits per heavy atom. The molecule has 1 N–H and O–H groups in total. The summed E-state index contributed by atoms with van der Waals surface area (Å²) >= 11 is 0. The molecule has 2 rings (SSSR count). The van der Waals surface area contributed by atoms with Crippen molar-refractivity contribution in [1.29, 1.82) is 0 Å². The first kappa shape index (κ1) is 11.4. The van der Waals surface area contributed by atoms with E-state index in [-0.39, 0.29) is 5.82 Å². The standard InChI is InChI=1S/C13H18FNO/c1-9(16)11-5-6-13(12(14)7-11)15(2)8-10-3-4-10/h5-7,9-10,16H,3-4,8H2,1-2H3/t9-/m1/s1. The van der Waals surface area contributed by atoms with Gasteiger partial charge >= 0.3 is 0 Å². The summed E-state index contributed by atoms with van der Waals surface area (Å²) in [5, 5.41) is 9.35. The molecule has 0 heterocycles. The number of anilines is 1. The number of benzene rings is 1. The summed E-state index contributed by atoms with van der Waals surface area (Å²) in [5.74, 6) is 0.488. The first-order valence-corrected chi connectivity index (χ1v) is 5.76. The van der Waals surface area contributed by atoms with Crippen molar-refractivity contribution >= 4 is 5.69 Å². The minimum absolute atomic E-state index is 0.249. The maximum Gasteiger partial charge on any atom is 0.146 e. The molecule has 88 valence electrons. The van der Waals surface area contributed by atoms with Crippen molar-refractivity contribution in [2.45, 2.75) is 25.9 Å². The van der Waals surface area contributed by atoms with Gasteiger partial charge in [-0.1, -0.05) is 6.07 Å². The van der Waals surface area contributed by atoms with E-state index in [4.69, 9.17) is 0 Å². The lowest BCUT2D eigenvalue weighted by Gasteiger charge is -2.20. The van der Waals surface area contributed by atoms with Crippen LogP contribution in [0.1, 0.15) is 31.4 Å². The lowest BCUT2D eigenvalue weighted by Crippen LogP contribution is -2.21. The summed E-state index contributed by atoms with van der Waals surface area (Å²) < 4.78 is 13.8. The fraction of sp³-hybridized carbons (Fsp3) is 0.538. The summed E-state index contributed by atoms with van der Waals surface area (Å²) in [6.07, 6.45) is 1.91. The van der Waals surface area contributed by atoms with Crippen molar-refractivity contribution < 1.29 is 9.50 Å². The van der Waals surface area contributed by atoms with Crippen molar-refractivity contribution in [3.05, 3.63) is 29.6 Å². The number of halogens is 1. The van der Waals surface area contributed by atoms with Gasteiger partial charge in [-0.3, -0.25) is 0 Å². The van der Waals surface area contributed by atoms with Gasteiger partial charge in [-0.2, -0.15) is 0 Å². The van der Waals surface area contributed by atoms with Crippen LogP contribution in [0.15, 0.2) is 18.2 Å². The first-order valence-electron chi connectivity index (χ1n) is 5.76. The molecule has 0 saturated heterocycles. The van der Waals surface area contributed by atoms with E-state index in [9.17, 15) is 9.50 Å². The molecule has 0 aromatic heterocycles. The molecule has 1 fully saturated rings. The van der Waals surface area contributed by atoms with Crippen LogP contribution in [-0.4, -0.2) is 18.7 Å². The van der Waals surface area contributed by atoms with Gasteiger partial charge in [-0.15, -0.1) is 0 Å². The molecule has 2 nitrogen and oxygen atoms in total. The summed E-state index contributed by atoms with van der Waals surface area (Å²) in [5.41, 5.74) is 1.25. The van der Waals surface area contributed by atoms with Crippen molar-refractivity contribution in [3.63, 3.8) is 0 Å². The van der Waals surface area contributed by atoms with Gasteiger partial charge in [0.15, 0.2) is 0 Å². The first-order chi connectivity index (χ1) is 7.58. The van der Waals surface area contributed by atoms with E-state index in [1.807, 2.05) is 11.9 Å². The number of nitrogens with zero attached hydrogens (tertiary/aromatic N) is 1. The summed E-state index contributed by atoms with van der Waals surface area (Å²) in [7, 11) is 1.92. The number of hydrogen-bond donors (Lipinski definition) is 1. The predicted molar refractivity (Wildman–Crippen MR) is 63.0 cm³/mol. The second-order valence-corrected chi connectivity index (χ2v) is 4.71. The van der Waals surface area contributed by atoms with E-state index in [0.717, 1.165) is 12.5 Å². The zero-order valence-corrected chi connectivity index (χ0v) is 9.78. The summed E-state index contributed by atoms with van der Waals surface area (Å²) in [6.45, 7) is 2.56. The Labute approximate surface area is 95.7 Å². The second kappa shape index (κ2) is 4.42. The molecule has 0 radical (unpaired) electrons. The molecular weight excluding hydrogens is 205 g/mol. The van der Waals surface area contributed by atoms with E-state index in [1.165, 1.54) is 18.9 Å². The molecule has 1 aromatic rings. The number of rotatable bonds is 4. The lowest BCUT2D eigenvalue weighted by atomic mass is 10.1. The molecule has 1 saturated carbocycles. The quantitative estimate of drug-likeness (QED) is 0.848. The third kappa shape index (κ3) is 2.53. The van der Waals surface area contributed by atoms with Crippen LogP contribution in [-0.2, 0) is 0 Å². The Morgan fingerprint density at radius 1 is 1.50 bits per heavy atom. The van der Waals surface area contributed by atoms with Gasteiger partial charge in [0.05, 0.1) is 11.8 Å². The van der Waals surface area contributed by atoms with E-state index < -0.39 is 6.10 Å². The molecule has 1 aliphatic rings. The van der Waals surface area contributed by atoms with E-state index >= 15 is 0 Å². The van der Waals surface area contributed by atoms with Gasteiger partial charge in [0.2, 0.25) is 0 Å². The van der Waals surface area contributed by atoms with Crippen molar-refractivity contribution in [3.8, 4) is 0 Å². The highest BCUT2D eigenvalue weighted by molar-refractivity contribution is 5.49. The highest BCUT2D eigenvalue weighted by Gasteiger charge is 2.23. The maximum absolute atomic E-state index is 13.8. The molecule has 1 aromatic carbocycles. The van der Waals surface area contributed by atoms with Gasteiger partial charge in [-0.05, 0) is 43.4 Å². The Morgan fingerprint density at radius 2 is 2.19 bits per heavy atom. The van der Waals surface area contributed by atoms with Crippen LogP contribution >= 0.6 is 0 Å². The third-order valence-corrected chi connectivity index (χ3v) is 3.09. The minimum Gasteiger partial charge on any atom is -0.389 e. The van der Waals surface area contributed by atoms with Gasteiger partial charge in [0.25, 0.3) is 0 Å². The second-order valence-electron chi connectivity index (χ2n) is 4.71. The van der Waals surface area contributed by atoms with Crippen molar-refractivity contribution in [1.82, 2.24) is 0 Å². The van der Waals surface area contributed by atoms with Gasteiger partial charge in [0, 0.05) is 13.6 Å². The molecule has 0 unspecified atom stereocenters. The van der Waals surface area contributed by atoms with Gasteiger partial charge < -0.3 is 10.0 Å². The van der Waals surface area contributed by atoms with Crippen LogP contribution in [0.4, 0.5) is 10.1 Å². The smallest absolute Gasteiger partial charge is 0.146 e. The molecule has 1 atom stereocenters. The van der Waals surface area contributed by atoms with E-state index in [0.29, 0.717) is 11.3 Å². The lowest BCUT2D eigenvalue weighted by molar-refractivity contribution is 0.199. The van der Waals surface area contributed by atoms with E-state index in [1.54, 1.807) is 19.1 Å². The maximum atomic E-state index is 13.8. The molecule has 0 bridgehead atoms. The largest absolute Gasteiger partial charge is 0.389 e. The Kier molecular flexibility index (Phi) is 3.15. The summed E-state index contributed by atoms with van der Waals surface area (Å²) in [6, 6.07) is 4.95. The van der Waals surface area contributed by atoms with Crippen LogP contribution in [0.25, 0.3) is 0 Å². The average molecular weight is 223 g/mol. The monoisotopic (exact) mass is 223 g/mol. The van der Waals surface area contributed by atoms with E-state index in [2.05, 4.69) is 0 Å². The van der Waals surface area contributed by atoms with Gasteiger partial charge in [-0.25, -0.2) is 4.39 Å². The topological polar surface area (TPSA) is 23.5 Å². The highest BCUT2D eigenvalue weighted by atomic mass is 19.1. The molecular formula is C13H18FNO. The Bertz CT molecular complexity index is 374. The Hall–Kier alpha value is -1.09. The number of hydrogen-bond acceptors (Lipinski definition) is 2. The Balaban J connectivity index is 2.14. The summed E-state index contributed by atoms with van der Waals surface area (Å²) in [4.78, 5) is 1.96. The normalized spacial score (nSPS) is 17.2. The fourth-order valence-electron chi connectivity index (χ4n) is 1.88. The molecule has 3 heteroatoms. The predicted octanol–water partition coefficient (Wildman–Crippen LogP) is 2.73. The third-order valence-electron chi connectivity index (χ3n) is 3.09. The van der Waals surface area contributed by atoms with Crippen molar-refractivity contribution in [2.24, 2.45) is 5.92 Å². The van der Waals surface area contributed by atoms with Crippen LogP contribution in [0.5, 0.6) is 0 Å². The average Bonchev–Trinajstić information content (AvgIpc) is 3.01. The van der Waals surface area contributed by atoms with Crippen LogP contribution in [0.3, 0.4) is 0 Å².